The van der Waals surface area contributed by atoms with Crippen LogP contribution in [0.3, 0.4) is 0 Å². The highest BCUT2D eigenvalue weighted by atomic mass is 19.4. The van der Waals surface area contributed by atoms with Crippen molar-refractivity contribution in [2.45, 2.75) is 6.18 Å². The van der Waals surface area contributed by atoms with Crippen molar-refractivity contribution in [3.63, 3.8) is 0 Å². The van der Waals surface area contributed by atoms with Gasteiger partial charge in [0.2, 0.25) is 0 Å². The molecule has 0 aliphatic rings. The van der Waals surface area contributed by atoms with Crippen molar-refractivity contribution in [1.29, 1.82) is 0 Å². The summed E-state index contributed by atoms with van der Waals surface area (Å²) in [6.45, 7) is 0.130. The molecule has 5 heteroatoms. The Morgan fingerprint density at radius 3 is 2.41 bits per heavy atom. The molecule has 2 aromatic rings. The van der Waals surface area contributed by atoms with Crippen LogP contribution in [-0.4, -0.2) is 12.8 Å². The maximum atomic E-state index is 12.5. The molecule has 0 heterocycles. The SMILES string of the molecule is C#CCOc1ccccc1C=Nc1ccc(C(F)(F)F)cc1. The van der Waals surface area contributed by atoms with Crippen molar-refractivity contribution in [2.75, 3.05) is 6.61 Å². The summed E-state index contributed by atoms with van der Waals surface area (Å²) in [6, 6.07) is 11.7. The number of halogens is 3. The molecule has 0 aromatic heterocycles. The summed E-state index contributed by atoms with van der Waals surface area (Å²) >= 11 is 0. The fourth-order valence-corrected chi connectivity index (χ4v) is 1.72. The standard InChI is InChI=1S/C17H12F3NO/c1-2-11-22-16-6-4-3-5-13(16)12-21-15-9-7-14(8-10-15)17(18,19)20/h1,3-10,12H,11H2. The van der Waals surface area contributed by atoms with Crippen LogP contribution >= 0.6 is 0 Å². The van der Waals surface area contributed by atoms with E-state index in [0.29, 0.717) is 17.0 Å². The molecule has 0 radical (unpaired) electrons. The Morgan fingerprint density at radius 1 is 1.09 bits per heavy atom. The van der Waals surface area contributed by atoms with Crippen molar-refractivity contribution in [3.05, 3.63) is 59.7 Å². The van der Waals surface area contributed by atoms with Crippen LogP contribution in [-0.2, 0) is 6.18 Å². The largest absolute Gasteiger partial charge is 0.480 e. The van der Waals surface area contributed by atoms with Crippen molar-refractivity contribution in [3.8, 4) is 18.1 Å². The molecule has 2 rings (SSSR count). The summed E-state index contributed by atoms with van der Waals surface area (Å²) in [5, 5.41) is 0. The topological polar surface area (TPSA) is 21.6 Å². The van der Waals surface area contributed by atoms with Crippen LogP contribution in [0.15, 0.2) is 53.5 Å². The van der Waals surface area contributed by atoms with E-state index in [9.17, 15) is 13.2 Å². The van der Waals surface area contributed by atoms with Gasteiger partial charge in [0.05, 0.1) is 11.3 Å². The smallest absolute Gasteiger partial charge is 0.416 e. The maximum Gasteiger partial charge on any atom is 0.416 e. The minimum absolute atomic E-state index is 0.130. The van der Waals surface area contributed by atoms with Gasteiger partial charge >= 0.3 is 6.18 Å². The molecular formula is C17H12F3NO. The van der Waals surface area contributed by atoms with E-state index in [1.807, 2.05) is 0 Å². The van der Waals surface area contributed by atoms with Crippen molar-refractivity contribution in [2.24, 2.45) is 4.99 Å². The molecular weight excluding hydrogens is 291 g/mol. The number of ether oxygens (including phenoxy) is 1. The minimum Gasteiger partial charge on any atom is -0.480 e. The molecule has 112 valence electrons. The van der Waals surface area contributed by atoms with Crippen molar-refractivity contribution < 1.29 is 17.9 Å². The molecule has 2 aromatic carbocycles. The third kappa shape index (κ3) is 4.13. The predicted molar refractivity (Wildman–Crippen MR) is 79.5 cm³/mol. The average Bonchev–Trinajstić information content (AvgIpc) is 2.51. The van der Waals surface area contributed by atoms with Gasteiger partial charge in [0.25, 0.3) is 0 Å². The summed E-state index contributed by atoms with van der Waals surface area (Å²) in [5.41, 5.74) is 0.404. The summed E-state index contributed by atoms with van der Waals surface area (Å²) in [4.78, 5) is 4.14. The Labute approximate surface area is 126 Å². The number of para-hydroxylation sites is 1. The molecule has 0 aliphatic carbocycles. The van der Waals surface area contributed by atoms with Crippen LogP contribution in [0.25, 0.3) is 0 Å². The van der Waals surface area contributed by atoms with Gasteiger partial charge in [-0.1, -0.05) is 18.1 Å². The molecule has 0 spiro atoms. The molecule has 2 nitrogen and oxygen atoms in total. The molecule has 0 N–H and O–H groups in total. The zero-order valence-corrected chi connectivity index (χ0v) is 11.5. The Hall–Kier alpha value is -2.74. The monoisotopic (exact) mass is 303 g/mol. The Bertz CT molecular complexity index is 697. The Balaban J connectivity index is 2.17. The lowest BCUT2D eigenvalue weighted by Gasteiger charge is -2.06. The van der Waals surface area contributed by atoms with E-state index < -0.39 is 11.7 Å². The van der Waals surface area contributed by atoms with Gasteiger partial charge in [0.15, 0.2) is 0 Å². The number of hydrogen-bond acceptors (Lipinski definition) is 2. The Morgan fingerprint density at radius 2 is 1.77 bits per heavy atom. The molecule has 0 saturated carbocycles. The first-order valence-corrected chi connectivity index (χ1v) is 6.37. The van der Waals surface area contributed by atoms with Gasteiger partial charge in [-0.3, -0.25) is 4.99 Å². The van der Waals surface area contributed by atoms with Gasteiger partial charge in [0, 0.05) is 11.8 Å². The summed E-state index contributed by atoms with van der Waals surface area (Å²) in [5.74, 6) is 2.93. The number of terminal acetylenes is 1. The zero-order chi connectivity index (χ0) is 16.0. The van der Waals surface area contributed by atoms with Gasteiger partial charge in [-0.2, -0.15) is 13.2 Å². The fraction of sp³-hybridized carbons (Fsp3) is 0.118. The highest BCUT2D eigenvalue weighted by molar-refractivity contribution is 5.85. The van der Waals surface area contributed by atoms with E-state index in [1.54, 1.807) is 24.3 Å². The lowest BCUT2D eigenvalue weighted by molar-refractivity contribution is -0.137. The number of benzene rings is 2. The second kappa shape index (κ2) is 6.81. The van der Waals surface area contributed by atoms with Crippen LogP contribution in [0, 0.1) is 12.3 Å². The molecule has 0 atom stereocenters. The molecule has 0 saturated heterocycles. The number of nitrogens with zero attached hydrogens (tertiary/aromatic N) is 1. The quantitative estimate of drug-likeness (QED) is 0.603. The number of rotatable bonds is 4. The predicted octanol–water partition coefficient (Wildman–Crippen LogP) is 4.47. The van der Waals surface area contributed by atoms with Gasteiger partial charge in [-0.05, 0) is 36.4 Å². The zero-order valence-electron chi connectivity index (χ0n) is 11.5. The Kier molecular flexibility index (Phi) is 4.84. The first-order valence-electron chi connectivity index (χ1n) is 6.37. The van der Waals surface area contributed by atoms with Crippen molar-refractivity contribution >= 4 is 11.9 Å². The van der Waals surface area contributed by atoms with Crippen LogP contribution < -0.4 is 4.74 Å². The summed E-state index contributed by atoms with van der Waals surface area (Å²) < 4.78 is 42.8. The van der Waals surface area contributed by atoms with Gasteiger partial charge in [-0.15, -0.1) is 6.42 Å². The summed E-state index contributed by atoms with van der Waals surface area (Å²) in [7, 11) is 0. The van der Waals surface area contributed by atoms with Crippen LogP contribution in [0.5, 0.6) is 5.75 Å². The van der Waals surface area contributed by atoms with E-state index in [4.69, 9.17) is 11.2 Å². The van der Waals surface area contributed by atoms with Gasteiger partial charge < -0.3 is 4.74 Å². The van der Waals surface area contributed by atoms with E-state index in [1.165, 1.54) is 18.3 Å². The molecule has 0 unspecified atom stereocenters. The number of aliphatic imine (C=N–C) groups is 1. The van der Waals surface area contributed by atoms with E-state index in [0.717, 1.165) is 12.1 Å². The minimum atomic E-state index is -4.35. The highest BCUT2D eigenvalue weighted by Gasteiger charge is 2.29. The molecule has 22 heavy (non-hydrogen) atoms. The molecule has 0 bridgehead atoms. The lowest BCUT2D eigenvalue weighted by atomic mass is 10.2. The number of hydrogen-bond donors (Lipinski definition) is 0. The maximum absolute atomic E-state index is 12.5. The second-order valence-electron chi connectivity index (χ2n) is 4.33. The van der Waals surface area contributed by atoms with E-state index in [2.05, 4.69) is 10.9 Å². The van der Waals surface area contributed by atoms with Crippen molar-refractivity contribution in [1.82, 2.24) is 0 Å². The van der Waals surface area contributed by atoms with Gasteiger partial charge in [0.1, 0.15) is 12.4 Å². The van der Waals surface area contributed by atoms with Gasteiger partial charge in [-0.25, -0.2) is 0 Å². The third-order valence-corrected chi connectivity index (χ3v) is 2.78. The third-order valence-electron chi connectivity index (χ3n) is 2.78. The van der Waals surface area contributed by atoms with Crippen LogP contribution in [0.1, 0.15) is 11.1 Å². The molecule has 0 aliphatic heterocycles. The first-order chi connectivity index (χ1) is 10.5. The second-order valence-corrected chi connectivity index (χ2v) is 4.33. The van der Waals surface area contributed by atoms with E-state index >= 15 is 0 Å². The van der Waals surface area contributed by atoms with Crippen LogP contribution in [0.4, 0.5) is 18.9 Å². The first kappa shape index (κ1) is 15.6. The lowest BCUT2D eigenvalue weighted by Crippen LogP contribution is -2.03. The van der Waals surface area contributed by atoms with Crippen LogP contribution in [0.2, 0.25) is 0 Å². The number of alkyl halides is 3. The highest BCUT2D eigenvalue weighted by Crippen LogP contribution is 2.30. The average molecular weight is 303 g/mol. The molecule has 0 fully saturated rings. The van der Waals surface area contributed by atoms with E-state index in [-0.39, 0.29) is 6.61 Å². The normalized spacial score (nSPS) is 11.4. The fourth-order valence-electron chi connectivity index (χ4n) is 1.72. The molecule has 0 amide bonds. The summed E-state index contributed by atoms with van der Waals surface area (Å²) in [6.07, 6.45) is 2.31.